The van der Waals surface area contributed by atoms with Gasteiger partial charge in [-0.15, -0.1) is 0 Å². The number of hydrogen-bond acceptors (Lipinski definition) is 5. The van der Waals surface area contributed by atoms with Crippen molar-refractivity contribution in [1.29, 1.82) is 5.26 Å². The largest absolute Gasteiger partial charge is 0.465 e. The third-order valence-corrected chi connectivity index (χ3v) is 5.79. The number of anilines is 2. The third-order valence-electron chi connectivity index (χ3n) is 5.40. The lowest BCUT2D eigenvalue weighted by Gasteiger charge is -2.47. The van der Waals surface area contributed by atoms with Gasteiger partial charge in [-0.2, -0.15) is 5.26 Å². The summed E-state index contributed by atoms with van der Waals surface area (Å²) in [4.78, 5) is 17.2. The minimum atomic E-state index is -1.16. The van der Waals surface area contributed by atoms with Crippen LogP contribution < -0.4 is 9.80 Å². The average molecular weight is 425 g/mol. The monoisotopic (exact) mass is 424 g/mol. The molecule has 7 nitrogen and oxygen atoms in total. The molecule has 1 N–H and O–H groups in total. The number of ether oxygens (including phenoxy) is 1. The summed E-state index contributed by atoms with van der Waals surface area (Å²) in [6.45, 7) is 7.66. The predicted octanol–water partition coefficient (Wildman–Crippen LogP) is 3.35. The van der Waals surface area contributed by atoms with Gasteiger partial charge >= 0.3 is 6.09 Å². The molecule has 1 amide bonds. The molecule has 9 heteroatoms. The summed E-state index contributed by atoms with van der Waals surface area (Å²) in [5, 5.41) is 19.5. The van der Waals surface area contributed by atoms with Gasteiger partial charge in [0.05, 0.1) is 53.3 Å². The van der Waals surface area contributed by atoms with Crippen LogP contribution in [0, 0.1) is 11.3 Å². The van der Waals surface area contributed by atoms with Crippen molar-refractivity contribution < 1.29 is 19.0 Å². The van der Waals surface area contributed by atoms with Crippen molar-refractivity contribution in [2.75, 3.05) is 49.3 Å². The highest BCUT2D eigenvalue weighted by molar-refractivity contribution is 6.36. The highest BCUT2D eigenvalue weighted by Crippen LogP contribution is 2.40. The maximum atomic E-state index is 13.8. The highest BCUT2D eigenvalue weighted by Gasteiger charge is 2.37. The van der Waals surface area contributed by atoms with E-state index in [9.17, 15) is 19.6 Å². The van der Waals surface area contributed by atoms with Gasteiger partial charge in [-0.3, -0.25) is 9.80 Å². The number of benzene rings is 1. The fourth-order valence-electron chi connectivity index (χ4n) is 3.92. The van der Waals surface area contributed by atoms with Crippen LogP contribution in [0.15, 0.2) is 12.1 Å². The first-order chi connectivity index (χ1) is 13.7. The van der Waals surface area contributed by atoms with Gasteiger partial charge in [0.1, 0.15) is 6.67 Å². The fourth-order valence-corrected chi connectivity index (χ4v) is 4.24. The number of alkyl halides is 1. The quantitative estimate of drug-likeness (QED) is 0.798. The van der Waals surface area contributed by atoms with Crippen LogP contribution in [0.1, 0.15) is 26.3 Å². The Bertz CT molecular complexity index is 819. The van der Waals surface area contributed by atoms with Gasteiger partial charge in [-0.25, -0.2) is 9.18 Å². The summed E-state index contributed by atoms with van der Waals surface area (Å²) < 4.78 is 19.0. The fraction of sp³-hybridized carbons (Fsp3) is 0.600. The molecule has 0 aliphatic carbocycles. The van der Waals surface area contributed by atoms with Crippen LogP contribution in [0.2, 0.25) is 5.02 Å². The second-order valence-electron chi connectivity index (χ2n) is 8.41. The zero-order chi connectivity index (χ0) is 21.3. The number of nitriles is 1. The number of carbonyl (C=O) groups is 1. The van der Waals surface area contributed by atoms with E-state index < -0.39 is 18.3 Å². The van der Waals surface area contributed by atoms with Gasteiger partial charge < -0.3 is 14.7 Å². The lowest BCUT2D eigenvalue weighted by molar-refractivity contribution is -0.0842. The second-order valence-corrected chi connectivity index (χ2v) is 8.79. The van der Waals surface area contributed by atoms with Crippen molar-refractivity contribution in [3.05, 3.63) is 22.7 Å². The normalized spacial score (nSPS) is 20.8. The number of rotatable bonds is 4. The minimum Gasteiger partial charge on any atom is -0.465 e. The Morgan fingerprint density at radius 3 is 2.59 bits per heavy atom. The zero-order valence-electron chi connectivity index (χ0n) is 16.9. The van der Waals surface area contributed by atoms with Gasteiger partial charge in [-0.05, 0) is 32.9 Å². The van der Waals surface area contributed by atoms with Crippen molar-refractivity contribution in [2.24, 2.45) is 0 Å². The molecule has 158 valence electrons. The molecule has 0 spiro atoms. The topological polar surface area (TPSA) is 80.0 Å². The first kappa shape index (κ1) is 21.6. The molecule has 1 aromatic rings. The number of nitrogens with zero attached hydrogens (tertiary/aromatic N) is 4. The molecule has 2 aliphatic rings. The van der Waals surface area contributed by atoms with E-state index in [2.05, 4.69) is 11.0 Å². The lowest BCUT2D eigenvalue weighted by atomic mass is 10.0. The standard InChI is InChI=1S/C20H26ClFN4O3/c1-20(2,3)26(19(27)28)17-7-13(9-23)6-16(18(17)21)24-4-5-25(14(8-22)10-24)15-11-29-12-15/h6-7,14-15H,4-5,8,10-12H2,1-3H3,(H,27,28). The van der Waals surface area contributed by atoms with E-state index in [0.29, 0.717) is 44.1 Å². The first-order valence-corrected chi connectivity index (χ1v) is 9.96. The lowest BCUT2D eigenvalue weighted by Crippen LogP contribution is -2.62. The van der Waals surface area contributed by atoms with Crippen molar-refractivity contribution in [3.63, 3.8) is 0 Å². The van der Waals surface area contributed by atoms with E-state index in [1.54, 1.807) is 26.8 Å². The molecule has 2 heterocycles. The number of halogens is 2. The summed E-state index contributed by atoms with van der Waals surface area (Å²) in [5.74, 6) is 0. The van der Waals surface area contributed by atoms with Crippen LogP contribution in [0.5, 0.6) is 0 Å². The molecule has 3 rings (SSSR count). The zero-order valence-corrected chi connectivity index (χ0v) is 17.6. The van der Waals surface area contributed by atoms with E-state index in [1.165, 1.54) is 6.07 Å². The maximum Gasteiger partial charge on any atom is 0.412 e. The van der Waals surface area contributed by atoms with Crippen LogP contribution in [0.3, 0.4) is 0 Å². The Balaban J connectivity index is 1.97. The molecule has 0 radical (unpaired) electrons. The molecule has 0 aromatic heterocycles. The van der Waals surface area contributed by atoms with Gasteiger partial charge in [0.15, 0.2) is 0 Å². The Kier molecular flexibility index (Phi) is 6.22. The molecule has 1 unspecified atom stereocenters. The average Bonchev–Trinajstić information content (AvgIpc) is 2.60. The van der Waals surface area contributed by atoms with E-state index in [-0.39, 0.29) is 22.8 Å². The minimum absolute atomic E-state index is 0.234. The van der Waals surface area contributed by atoms with E-state index >= 15 is 0 Å². The number of carboxylic acid groups (broad SMARTS) is 1. The van der Waals surface area contributed by atoms with Crippen LogP contribution in [-0.4, -0.2) is 73.2 Å². The number of amides is 1. The summed E-state index contributed by atoms with van der Waals surface area (Å²) in [6, 6.07) is 5.14. The summed E-state index contributed by atoms with van der Waals surface area (Å²) >= 11 is 6.66. The van der Waals surface area contributed by atoms with Crippen LogP contribution >= 0.6 is 11.6 Å². The molecular formula is C20H26ClFN4O3. The predicted molar refractivity (Wildman–Crippen MR) is 110 cm³/mol. The van der Waals surface area contributed by atoms with E-state index in [0.717, 1.165) is 4.90 Å². The Morgan fingerprint density at radius 2 is 2.10 bits per heavy atom. The Morgan fingerprint density at radius 1 is 1.41 bits per heavy atom. The molecular weight excluding hydrogens is 399 g/mol. The van der Waals surface area contributed by atoms with E-state index in [1.807, 2.05) is 4.90 Å². The molecule has 1 atom stereocenters. The van der Waals surface area contributed by atoms with Crippen LogP contribution in [-0.2, 0) is 4.74 Å². The molecule has 1 aromatic carbocycles. The third kappa shape index (κ3) is 4.27. The van der Waals surface area contributed by atoms with Gasteiger partial charge in [0, 0.05) is 25.2 Å². The van der Waals surface area contributed by atoms with Crippen LogP contribution in [0.4, 0.5) is 20.6 Å². The molecule has 0 bridgehead atoms. The summed E-state index contributed by atoms with van der Waals surface area (Å²) in [6.07, 6.45) is -1.16. The SMILES string of the molecule is CC(C)(C)N(C(=O)O)c1cc(C#N)cc(N2CCN(C3COC3)C(CF)C2)c1Cl. The molecule has 2 aliphatic heterocycles. The molecule has 29 heavy (non-hydrogen) atoms. The van der Waals surface area contributed by atoms with Crippen molar-refractivity contribution >= 4 is 29.1 Å². The van der Waals surface area contributed by atoms with Gasteiger partial charge in [0.2, 0.25) is 0 Å². The van der Waals surface area contributed by atoms with Crippen molar-refractivity contribution in [1.82, 2.24) is 4.90 Å². The number of hydrogen-bond donors (Lipinski definition) is 1. The highest BCUT2D eigenvalue weighted by atomic mass is 35.5. The smallest absolute Gasteiger partial charge is 0.412 e. The summed E-state index contributed by atoms with van der Waals surface area (Å²) in [7, 11) is 0. The Hall–Kier alpha value is -2.08. The molecule has 2 saturated heterocycles. The maximum absolute atomic E-state index is 13.8. The molecule has 2 fully saturated rings. The first-order valence-electron chi connectivity index (χ1n) is 9.58. The van der Waals surface area contributed by atoms with Gasteiger partial charge in [-0.1, -0.05) is 11.6 Å². The molecule has 0 saturated carbocycles. The van der Waals surface area contributed by atoms with Crippen molar-refractivity contribution in [3.8, 4) is 6.07 Å². The summed E-state index contributed by atoms with van der Waals surface area (Å²) in [5.41, 5.74) is 0.360. The number of piperazine rings is 1. The second kappa shape index (κ2) is 8.34. The van der Waals surface area contributed by atoms with Gasteiger partial charge in [0.25, 0.3) is 0 Å². The van der Waals surface area contributed by atoms with Crippen LogP contribution in [0.25, 0.3) is 0 Å². The van der Waals surface area contributed by atoms with E-state index in [4.69, 9.17) is 16.3 Å². The Labute approximate surface area is 175 Å². The van der Waals surface area contributed by atoms with Crippen molar-refractivity contribution in [2.45, 2.75) is 38.4 Å².